The molecular weight excluding hydrogens is 558 g/mol. The minimum atomic E-state index is -0.961. The lowest BCUT2D eigenvalue weighted by molar-refractivity contribution is -0.127. The van der Waals surface area contributed by atoms with Crippen molar-refractivity contribution in [2.45, 2.75) is 38.5 Å². The second-order valence-electron chi connectivity index (χ2n) is 9.86. The molecule has 42 heavy (non-hydrogen) atoms. The summed E-state index contributed by atoms with van der Waals surface area (Å²) in [6.45, 7) is 2.83. The summed E-state index contributed by atoms with van der Waals surface area (Å²) < 4.78 is 14.4. The highest BCUT2D eigenvalue weighted by Gasteiger charge is 2.36. The molecule has 3 aromatic heterocycles. The fraction of sp³-hybridized carbons (Fsp3) is 0.321. The molecule has 1 saturated heterocycles. The zero-order valence-electron chi connectivity index (χ0n) is 23.1. The van der Waals surface area contributed by atoms with Crippen molar-refractivity contribution < 1.29 is 19.1 Å². The van der Waals surface area contributed by atoms with E-state index in [-0.39, 0.29) is 24.5 Å². The topological polar surface area (TPSA) is 142 Å². The van der Waals surface area contributed by atoms with E-state index < -0.39 is 6.04 Å². The van der Waals surface area contributed by atoms with Crippen LogP contribution in [0.15, 0.2) is 60.2 Å². The smallest absolute Gasteiger partial charge is 0.249 e. The van der Waals surface area contributed by atoms with Crippen LogP contribution in [-0.2, 0) is 20.9 Å². The van der Waals surface area contributed by atoms with Crippen molar-refractivity contribution in [3.8, 4) is 11.4 Å². The molecule has 0 saturated carbocycles. The van der Waals surface area contributed by atoms with E-state index in [1.807, 2.05) is 42.6 Å². The van der Waals surface area contributed by atoms with Gasteiger partial charge in [0.25, 0.3) is 0 Å². The number of amides is 2. The van der Waals surface area contributed by atoms with Gasteiger partial charge in [0.2, 0.25) is 11.8 Å². The summed E-state index contributed by atoms with van der Waals surface area (Å²) in [4.78, 5) is 30.6. The Bertz CT molecular complexity index is 1690. The maximum absolute atomic E-state index is 14.3. The molecule has 0 spiro atoms. The number of nitrogens with zero attached hydrogens (tertiary/aromatic N) is 8. The molecule has 1 fully saturated rings. The molecule has 5 aromatic rings. The zero-order valence-corrected chi connectivity index (χ0v) is 23.9. The minimum Gasteiger partial charge on any atom is -0.494 e. The molecule has 1 aliphatic heterocycles. The molecule has 2 atom stereocenters. The van der Waals surface area contributed by atoms with Crippen molar-refractivity contribution >= 4 is 39.9 Å². The van der Waals surface area contributed by atoms with Crippen LogP contribution in [0, 0.1) is 6.92 Å². The van der Waals surface area contributed by atoms with Gasteiger partial charge in [0.15, 0.2) is 6.04 Å². The van der Waals surface area contributed by atoms with Gasteiger partial charge in [-0.2, -0.15) is 4.68 Å². The first-order valence-electron chi connectivity index (χ1n) is 13.5. The van der Waals surface area contributed by atoms with Gasteiger partial charge in [0.05, 0.1) is 18.7 Å². The Morgan fingerprint density at radius 1 is 1.21 bits per heavy atom. The van der Waals surface area contributed by atoms with Crippen LogP contribution in [0.1, 0.15) is 29.3 Å². The van der Waals surface area contributed by atoms with Crippen molar-refractivity contribution in [3.05, 3.63) is 70.7 Å². The van der Waals surface area contributed by atoms with Gasteiger partial charge >= 0.3 is 0 Å². The van der Waals surface area contributed by atoms with Gasteiger partial charge in [-0.3, -0.25) is 14.5 Å². The standard InChI is InChI=1S/C28H29N9O4S/c1-18-11-13-42-27(18)26(28(39)29-15-20-6-5-12-41-20)37(25(38)16-35-22-8-4-3-7-21(22)31-33-35)19-9-10-23(24(14-19)40-2)36-17-30-32-34-36/h3-4,7-11,13-14,17,20,26H,5-6,12,15-16H2,1-2H3,(H,29,39)/t20-,26-/m1/s1. The second-order valence-corrected chi connectivity index (χ2v) is 10.8. The number of aryl methyl sites for hydroxylation is 1. The molecule has 6 rings (SSSR count). The average Bonchev–Trinajstić information content (AvgIpc) is 3.83. The fourth-order valence-corrected chi connectivity index (χ4v) is 6.10. The number of tetrazole rings is 1. The van der Waals surface area contributed by atoms with Crippen LogP contribution in [0.4, 0.5) is 5.69 Å². The number of carbonyl (C=O) groups excluding carboxylic acids is 2. The summed E-state index contributed by atoms with van der Waals surface area (Å²) in [6.07, 6.45) is 3.23. The maximum Gasteiger partial charge on any atom is 0.249 e. The second kappa shape index (κ2) is 12.0. The highest BCUT2D eigenvalue weighted by Crippen LogP contribution is 2.36. The van der Waals surface area contributed by atoms with E-state index in [0.717, 1.165) is 23.3 Å². The Morgan fingerprint density at radius 2 is 2.10 bits per heavy atom. The molecule has 0 aliphatic carbocycles. The van der Waals surface area contributed by atoms with Crippen LogP contribution in [0.5, 0.6) is 5.75 Å². The van der Waals surface area contributed by atoms with E-state index >= 15 is 0 Å². The molecule has 0 radical (unpaired) electrons. The van der Waals surface area contributed by atoms with Crippen molar-refractivity contribution in [1.29, 1.82) is 0 Å². The molecular formula is C28H29N9O4S. The summed E-state index contributed by atoms with van der Waals surface area (Å²) in [5.74, 6) is -0.241. The van der Waals surface area contributed by atoms with Gasteiger partial charge in [-0.15, -0.1) is 21.5 Å². The third kappa shape index (κ3) is 5.45. The van der Waals surface area contributed by atoms with Crippen molar-refractivity contribution in [1.82, 2.24) is 40.5 Å². The molecule has 0 unspecified atom stereocenters. The molecule has 13 nitrogen and oxygen atoms in total. The van der Waals surface area contributed by atoms with E-state index in [4.69, 9.17) is 9.47 Å². The van der Waals surface area contributed by atoms with Gasteiger partial charge in [-0.25, -0.2) is 4.68 Å². The summed E-state index contributed by atoms with van der Waals surface area (Å²) in [7, 11) is 1.52. The summed E-state index contributed by atoms with van der Waals surface area (Å²) in [5, 5.41) is 24.8. The Balaban J connectivity index is 1.43. The number of hydrogen-bond acceptors (Lipinski definition) is 10. The van der Waals surface area contributed by atoms with Gasteiger partial charge in [0, 0.05) is 29.8 Å². The van der Waals surface area contributed by atoms with Crippen LogP contribution in [0.25, 0.3) is 16.7 Å². The van der Waals surface area contributed by atoms with Crippen molar-refractivity contribution in [2.75, 3.05) is 25.2 Å². The summed E-state index contributed by atoms with van der Waals surface area (Å²) in [6, 6.07) is 13.6. The van der Waals surface area contributed by atoms with E-state index in [2.05, 4.69) is 31.2 Å². The number of nitrogens with one attached hydrogen (secondary N) is 1. The Morgan fingerprint density at radius 3 is 2.83 bits per heavy atom. The van der Waals surface area contributed by atoms with E-state index in [1.54, 1.807) is 22.9 Å². The van der Waals surface area contributed by atoms with Gasteiger partial charge in [-0.05, 0) is 71.5 Å². The van der Waals surface area contributed by atoms with E-state index in [9.17, 15) is 9.59 Å². The van der Waals surface area contributed by atoms with Crippen molar-refractivity contribution in [3.63, 3.8) is 0 Å². The fourth-order valence-electron chi connectivity index (χ4n) is 5.09. The first-order chi connectivity index (χ1) is 20.5. The molecule has 0 bridgehead atoms. The average molecular weight is 588 g/mol. The molecule has 2 amide bonds. The van der Waals surface area contributed by atoms with Crippen LogP contribution in [-0.4, -0.2) is 73.4 Å². The number of benzene rings is 2. The Kier molecular flexibility index (Phi) is 7.88. The van der Waals surface area contributed by atoms with Gasteiger partial charge in [0.1, 0.15) is 29.8 Å². The molecule has 4 heterocycles. The van der Waals surface area contributed by atoms with Crippen LogP contribution < -0.4 is 15.0 Å². The minimum absolute atomic E-state index is 0.0552. The lowest BCUT2D eigenvalue weighted by Gasteiger charge is -2.32. The monoisotopic (exact) mass is 587 g/mol. The number of rotatable bonds is 10. The first kappa shape index (κ1) is 27.5. The number of methoxy groups -OCH3 is 1. The normalized spacial score (nSPS) is 15.5. The maximum atomic E-state index is 14.3. The summed E-state index contributed by atoms with van der Waals surface area (Å²) >= 11 is 1.42. The number of fused-ring (bicyclic) bond motifs is 1. The number of hydrogen-bond donors (Lipinski definition) is 1. The molecule has 1 aliphatic rings. The number of ether oxygens (including phenoxy) is 2. The highest BCUT2D eigenvalue weighted by atomic mass is 32.1. The first-order valence-corrected chi connectivity index (χ1v) is 14.4. The third-order valence-electron chi connectivity index (χ3n) is 7.20. The number of anilines is 1. The predicted molar refractivity (Wildman–Crippen MR) is 155 cm³/mol. The van der Waals surface area contributed by atoms with Crippen LogP contribution in [0.3, 0.4) is 0 Å². The lowest BCUT2D eigenvalue weighted by atomic mass is 10.1. The molecule has 1 N–H and O–H groups in total. The quantitative estimate of drug-likeness (QED) is 0.261. The lowest BCUT2D eigenvalue weighted by Crippen LogP contribution is -2.46. The predicted octanol–water partition coefficient (Wildman–Crippen LogP) is 2.86. The van der Waals surface area contributed by atoms with Crippen molar-refractivity contribution in [2.24, 2.45) is 0 Å². The molecule has 2 aromatic carbocycles. The number of aromatic nitrogens is 7. The van der Waals surface area contributed by atoms with Crippen LogP contribution in [0.2, 0.25) is 0 Å². The zero-order chi connectivity index (χ0) is 29.1. The third-order valence-corrected chi connectivity index (χ3v) is 8.27. The Labute approximate surface area is 245 Å². The van der Waals surface area contributed by atoms with Gasteiger partial charge < -0.3 is 14.8 Å². The van der Waals surface area contributed by atoms with E-state index in [1.165, 1.54) is 34.4 Å². The summed E-state index contributed by atoms with van der Waals surface area (Å²) in [5.41, 5.74) is 3.32. The van der Waals surface area contributed by atoms with Crippen LogP contribution >= 0.6 is 11.3 Å². The SMILES string of the molecule is COc1cc(N(C(=O)Cn2nnc3ccccc32)[C@@H](C(=O)NC[C@H]2CCCO2)c2sccc2C)ccc1-n1cnnn1. The molecule has 216 valence electrons. The molecule has 14 heteroatoms. The highest BCUT2D eigenvalue weighted by molar-refractivity contribution is 7.10. The largest absolute Gasteiger partial charge is 0.494 e. The number of carbonyl (C=O) groups is 2. The number of thiophene rings is 1. The Hall–Kier alpha value is -4.69. The van der Waals surface area contributed by atoms with E-state index in [0.29, 0.717) is 41.3 Å². The number of para-hydroxylation sites is 1. The van der Waals surface area contributed by atoms with Gasteiger partial charge in [-0.1, -0.05) is 17.3 Å².